The Morgan fingerprint density at radius 2 is 2.28 bits per heavy atom. The minimum Gasteiger partial charge on any atom is -0.480 e. The van der Waals surface area contributed by atoms with Crippen LogP contribution in [0.3, 0.4) is 0 Å². The number of unbranched alkanes of at least 4 members (excludes halogenated alkanes) is 1. The van der Waals surface area contributed by atoms with Crippen molar-refractivity contribution in [2.24, 2.45) is 0 Å². The molecule has 1 aromatic rings. The highest BCUT2D eigenvalue weighted by molar-refractivity contribution is 5.96. The molecule has 0 spiro atoms. The fraction of sp³-hybridized carbons (Fsp3) is 0.417. The number of nitrogens with one attached hydrogen (secondary N) is 1. The molecule has 6 heteroatoms. The van der Waals surface area contributed by atoms with Crippen LogP contribution in [0, 0.1) is 5.95 Å². The van der Waals surface area contributed by atoms with E-state index in [0.717, 1.165) is 18.7 Å². The molecule has 18 heavy (non-hydrogen) atoms. The highest BCUT2D eigenvalue weighted by Gasteiger charge is 2.20. The molecule has 1 atom stereocenters. The van der Waals surface area contributed by atoms with Gasteiger partial charge in [-0.1, -0.05) is 19.8 Å². The van der Waals surface area contributed by atoms with E-state index in [0.29, 0.717) is 12.8 Å². The molecule has 2 N–H and O–H groups in total. The normalized spacial score (nSPS) is 11.9. The molecule has 1 unspecified atom stereocenters. The fourth-order valence-electron chi connectivity index (χ4n) is 1.45. The molecule has 1 amide bonds. The van der Waals surface area contributed by atoms with Crippen LogP contribution in [0.2, 0.25) is 0 Å². The van der Waals surface area contributed by atoms with Crippen LogP contribution in [0.15, 0.2) is 18.3 Å². The molecule has 1 rings (SSSR count). The first-order valence-electron chi connectivity index (χ1n) is 5.69. The summed E-state index contributed by atoms with van der Waals surface area (Å²) in [5.41, 5.74) is 0.0604. The van der Waals surface area contributed by atoms with E-state index in [4.69, 9.17) is 5.11 Å². The lowest BCUT2D eigenvalue weighted by Gasteiger charge is -2.13. The average molecular weight is 254 g/mol. The fourth-order valence-corrected chi connectivity index (χ4v) is 1.45. The Kier molecular flexibility index (Phi) is 5.23. The van der Waals surface area contributed by atoms with Crippen LogP contribution in [0.1, 0.15) is 36.5 Å². The minimum atomic E-state index is -1.09. The number of nitrogens with zero attached hydrogens (tertiary/aromatic N) is 1. The summed E-state index contributed by atoms with van der Waals surface area (Å²) in [5.74, 6) is -2.48. The van der Waals surface area contributed by atoms with Gasteiger partial charge in [-0.05, 0) is 12.5 Å². The topological polar surface area (TPSA) is 79.3 Å². The summed E-state index contributed by atoms with van der Waals surface area (Å²) < 4.78 is 12.8. The molecule has 0 saturated carbocycles. The van der Waals surface area contributed by atoms with Gasteiger partial charge in [-0.25, -0.2) is 9.78 Å². The first-order chi connectivity index (χ1) is 8.54. The maximum Gasteiger partial charge on any atom is 0.326 e. The van der Waals surface area contributed by atoms with E-state index in [1.54, 1.807) is 0 Å². The van der Waals surface area contributed by atoms with Crippen LogP contribution in [0.5, 0.6) is 0 Å². The molecule has 5 nitrogen and oxygen atoms in total. The van der Waals surface area contributed by atoms with Crippen LogP contribution in [0.25, 0.3) is 0 Å². The number of hydrogen-bond acceptors (Lipinski definition) is 3. The van der Waals surface area contributed by atoms with Crippen molar-refractivity contribution in [1.29, 1.82) is 0 Å². The van der Waals surface area contributed by atoms with E-state index in [1.165, 1.54) is 6.07 Å². The summed E-state index contributed by atoms with van der Waals surface area (Å²) in [4.78, 5) is 26.0. The summed E-state index contributed by atoms with van der Waals surface area (Å²) >= 11 is 0. The molecule has 0 aliphatic carbocycles. The molecule has 98 valence electrons. The Hall–Kier alpha value is -1.98. The molecule has 0 aromatic carbocycles. The van der Waals surface area contributed by atoms with Crippen LogP contribution in [-0.4, -0.2) is 28.0 Å². The smallest absolute Gasteiger partial charge is 0.326 e. The van der Waals surface area contributed by atoms with Crippen LogP contribution < -0.4 is 5.32 Å². The summed E-state index contributed by atoms with van der Waals surface area (Å²) in [6.45, 7) is 1.93. The number of halogens is 1. The molecule has 0 aliphatic rings. The zero-order chi connectivity index (χ0) is 13.5. The van der Waals surface area contributed by atoms with Crippen LogP contribution >= 0.6 is 0 Å². The van der Waals surface area contributed by atoms with Gasteiger partial charge in [0.15, 0.2) is 0 Å². The third-order valence-electron chi connectivity index (χ3n) is 2.44. The standard InChI is InChI=1S/C12H15FN2O3/c1-2-3-4-9(12(17)18)15-11(16)8-5-6-14-10(13)7-8/h5-7,9H,2-4H2,1H3,(H,15,16)(H,17,18). The number of aromatic nitrogens is 1. The molecule has 0 saturated heterocycles. The zero-order valence-corrected chi connectivity index (χ0v) is 10.0. The molecular weight excluding hydrogens is 239 g/mol. The number of carbonyl (C=O) groups is 2. The lowest BCUT2D eigenvalue weighted by molar-refractivity contribution is -0.139. The van der Waals surface area contributed by atoms with Gasteiger partial charge in [0.2, 0.25) is 5.95 Å². The SMILES string of the molecule is CCCCC(NC(=O)c1ccnc(F)c1)C(=O)O. The van der Waals surface area contributed by atoms with E-state index < -0.39 is 23.9 Å². The third-order valence-corrected chi connectivity index (χ3v) is 2.44. The Labute approximate surface area is 104 Å². The van der Waals surface area contributed by atoms with Crippen LogP contribution in [-0.2, 0) is 4.79 Å². The van der Waals surface area contributed by atoms with Crippen molar-refractivity contribution in [3.63, 3.8) is 0 Å². The number of aliphatic carboxylic acids is 1. The number of pyridine rings is 1. The molecule has 0 fully saturated rings. The predicted octanol–water partition coefficient (Wildman–Crippen LogP) is 1.59. The lowest BCUT2D eigenvalue weighted by Crippen LogP contribution is -2.40. The highest BCUT2D eigenvalue weighted by atomic mass is 19.1. The van der Waals surface area contributed by atoms with Crippen LogP contribution in [0.4, 0.5) is 4.39 Å². The van der Waals surface area contributed by atoms with Crippen molar-refractivity contribution >= 4 is 11.9 Å². The number of carboxylic acids is 1. The Balaban J connectivity index is 2.69. The summed E-state index contributed by atoms with van der Waals surface area (Å²) in [5, 5.41) is 11.3. The molecule has 0 aliphatic heterocycles. The maximum absolute atomic E-state index is 12.8. The number of rotatable bonds is 6. The van der Waals surface area contributed by atoms with Gasteiger partial charge in [0.05, 0.1) is 0 Å². The van der Waals surface area contributed by atoms with E-state index in [1.807, 2.05) is 6.92 Å². The van der Waals surface area contributed by atoms with Gasteiger partial charge < -0.3 is 10.4 Å². The summed E-state index contributed by atoms with van der Waals surface area (Å²) in [7, 11) is 0. The first kappa shape index (κ1) is 14.1. The van der Waals surface area contributed by atoms with Gasteiger partial charge in [-0.15, -0.1) is 0 Å². The minimum absolute atomic E-state index is 0.0604. The second-order valence-corrected chi connectivity index (χ2v) is 3.87. The third kappa shape index (κ3) is 4.12. The Bertz CT molecular complexity index is 437. The number of hydrogen-bond donors (Lipinski definition) is 2. The largest absolute Gasteiger partial charge is 0.480 e. The van der Waals surface area contributed by atoms with Crippen molar-refractivity contribution in [3.05, 3.63) is 29.8 Å². The van der Waals surface area contributed by atoms with Gasteiger partial charge in [-0.3, -0.25) is 4.79 Å². The Morgan fingerprint density at radius 3 is 2.83 bits per heavy atom. The van der Waals surface area contributed by atoms with Gasteiger partial charge in [0, 0.05) is 17.8 Å². The van der Waals surface area contributed by atoms with Crippen molar-refractivity contribution in [1.82, 2.24) is 10.3 Å². The molecule has 1 aromatic heterocycles. The van der Waals surface area contributed by atoms with Crippen molar-refractivity contribution in [2.45, 2.75) is 32.2 Å². The highest BCUT2D eigenvalue weighted by Crippen LogP contribution is 2.05. The molecule has 1 heterocycles. The number of amides is 1. The second-order valence-electron chi connectivity index (χ2n) is 3.87. The van der Waals surface area contributed by atoms with Gasteiger partial charge in [-0.2, -0.15) is 4.39 Å². The maximum atomic E-state index is 12.8. The van der Waals surface area contributed by atoms with E-state index in [9.17, 15) is 14.0 Å². The molecule has 0 bridgehead atoms. The quantitative estimate of drug-likeness (QED) is 0.755. The number of carbonyl (C=O) groups excluding carboxylic acids is 1. The lowest BCUT2D eigenvalue weighted by atomic mass is 10.1. The summed E-state index contributed by atoms with van der Waals surface area (Å²) in [6, 6.07) is 1.35. The van der Waals surface area contributed by atoms with Crippen molar-refractivity contribution in [3.8, 4) is 0 Å². The number of carboxylic acid groups (broad SMARTS) is 1. The predicted molar refractivity (Wildman–Crippen MR) is 62.6 cm³/mol. The van der Waals surface area contributed by atoms with Gasteiger partial charge in [0.25, 0.3) is 5.91 Å². The van der Waals surface area contributed by atoms with E-state index >= 15 is 0 Å². The zero-order valence-electron chi connectivity index (χ0n) is 10.0. The molecule has 0 radical (unpaired) electrons. The summed E-state index contributed by atoms with van der Waals surface area (Å²) in [6.07, 6.45) is 3.04. The first-order valence-corrected chi connectivity index (χ1v) is 5.69. The van der Waals surface area contributed by atoms with E-state index in [-0.39, 0.29) is 5.56 Å². The second kappa shape index (κ2) is 6.68. The average Bonchev–Trinajstić information content (AvgIpc) is 2.33. The van der Waals surface area contributed by atoms with Gasteiger partial charge in [0.1, 0.15) is 6.04 Å². The van der Waals surface area contributed by atoms with E-state index in [2.05, 4.69) is 10.3 Å². The van der Waals surface area contributed by atoms with Gasteiger partial charge >= 0.3 is 5.97 Å². The Morgan fingerprint density at radius 1 is 1.56 bits per heavy atom. The van der Waals surface area contributed by atoms with Crippen molar-refractivity contribution < 1.29 is 19.1 Å². The van der Waals surface area contributed by atoms with Crippen molar-refractivity contribution in [2.75, 3.05) is 0 Å². The molecular formula is C12H15FN2O3. The monoisotopic (exact) mass is 254 g/mol.